The van der Waals surface area contributed by atoms with E-state index in [0.717, 1.165) is 6.42 Å². The summed E-state index contributed by atoms with van der Waals surface area (Å²) in [5.74, 6) is 0.487. The van der Waals surface area contributed by atoms with E-state index in [2.05, 4.69) is 63.0 Å². The molecule has 0 N–H and O–H groups in total. The fraction of sp³-hybridized carbons (Fsp3) is 0.353. The van der Waals surface area contributed by atoms with Gasteiger partial charge in [-0.3, -0.25) is 4.98 Å². The highest BCUT2D eigenvalue weighted by molar-refractivity contribution is 5.69. The molecule has 0 aliphatic rings. The van der Waals surface area contributed by atoms with E-state index in [-0.39, 0.29) is 0 Å². The van der Waals surface area contributed by atoms with Gasteiger partial charge in [-0.25, -0.2) is 0 Å². The molecule has 1 aromatic carbocycles. The Bertz CT molecular complexity index is 541. The van der Waals surface area contributed by atoms with Gasteiger partial charge in [0.05, 0.1) is 0 Å². The lowest BCUT2D eigenvalue weighted by molar-refractivity contribution is 0.818. The molecule has 1 heteroatoms. The lowest BCUT2D eigenvalue weighted by Crippen LogP contribution is -1.98. The van der Waals surface area contributed by atoms with Gasteiger partial charge in [-0.15, -0.1) is 0 Å². The monoisotopic (exact) mass is 239 g/mol. The van der Waals surface area contributed by atoms with Gasteiger partial charge in [-0.05, 0) is 42.0 Å². The molecule has 1 heterocycles. The summed E-state index contributed by atoms with van der Waals surface area (Å²) in [6.07, 6.45) is 3.09. The summed E-state index contributed by atoms with van der Waals surface area (Å²) in [7, 11) is 0. The summed E-state index contributed by atoms with van der Waals surface area (Å²) in [6.45, 7) is 8.75. The van der Waals surface area contributed by atoms with Crippen molar-refractivity contribution in [3.05, 3.63) is 53.3 Å². The van der Waals surface area contributed by atoms with Crippen LogP contribution in [0.3, 0.4) is 0 Å². The average molecular weight is 239 g/mol. The minimum absolute atomic E-state index is 0.487. The van der Waals surface area contributed by atoms with E-state index in [4.69, 9.17) is 0 Å². The van der Waals surface area contributed by atoms with Crippen molar-refractivity contribution in [2.75, 3.05) is 0 Å². The lowest BCUT2D eigenvalue weighted by Gasteiger charge is -2.13. The molecule has 2 rings (SSSR count). The molecule has 18 heavy (non-hydrogen) atoms. The Balaban J connectivity index is 2.55. The third-order valence-electron chi connectivity index (χ3n) is 3.42. The van der Waals surface area contributed by atoms with E-state index in [9.17, 15) is 0 Å². The van der Waals surface area contributed by atoms with E-state index in [0.29, 0.717) is 5.92 Å². The highest BCUT2D eigenvalue weighted by Crippen LogP contribution is 2.28. The maximum atomic E-state index is 4.60. The van der Waals surface area contributed by atoms with Gasteiger partial charge in [0.15, 0.2) is 0 Å². The third kappa shape index (κ3) is 2.45. The second kappa shape index (κ2) is 5.34. The van der Waals surface area contributed by atoms with Crippen LogP contribution in [0.5, 0.6) is 0 Å². The van der Waals surface area contributed by atoms with Crippen molar-refractivity contribution in [3.8, 4) is 11.1 Å². The summed E-state index contributed by atoms with van der Waals surface area (Å²) in [6, 6.07) is 10.8. The largest absolute Gasteiger partial charge is 0.260 e. The molecule has 1 nitrogen and oxygen atoms in total. The normalized spacial score (nSPS) is 10.9. The fourth-order valence-corrected chi connectivity index (χ4v) is 2.24. The molecule has 0 saturated carbocycles. The SMILES string of the molecule is CCc1cc(C(C)C)ncc1-c1ccccc1C. The Hall–Kier alpha value is -1.63. The maximum absolute atomic E-state index is 4.60. The standard InChI is InChI=1S/C17H21N/c1-5-14-10-17(12(2)3)18-11-16(14)15-9-7-6-8-13(15)4/h6-12H,5H2,1-4H3. The topological polar surface area (TPSA) is 12.9 Å². The Labute approximate surface area is 110 Å². The van der Waals surface area contributed by atoms with Crippen LogP contribution in [0.4, 0.5) is 0 Å². The summed E-state index contributed by atoms with van der Waals surface area (Å²) in [5, 5.41) is 0. The van der Waals surface area contributed by atoms with Crippen molar-refractivity contribution in [1.29, 1.82) is 0 Å². The first-order valence-electron chi connectivity index (χ1n) is 6.68. The van der Waals surface area contributed by atoms with E-state index < -0.39 is 0 Å². The van der Waals surface area contributed by atoms with Crippen molar-refractivity contribution < 1.29 is 0 Å². The quantitative estimate of drug-likeness (QED) is 0.753. The molecular formula is C17H21N. The Morgan fingerprint density at radius 1 is 1.11 bits per heavy atom. The van der Waals surface area contributed by atoms with Gasteiger partial charge >= 0.3 is 0 Å². The molecule has 0 aliphatic carbocycles. The molecule has 2 aromatic rings. The predicted octanol–water partition coefficient (Wildman–Crippen LogP) is 4.74. The van der Waals surface area contributed by atoms with Crippen molar-refractivity contribution in [3.63, 3.8) is 0 Å². The van der Waals surface area contributed by atoms with Gasteiger partial charge < -0.3 is 0 Å². The minimum atomic E-state index is 0.487. The van der Waals surface area contributed by atoms with E-state index in [1.54, 1.807) is 0 Å². The lowest BCUT2D eigenvalue weighted by atomic mass is 9.95. The molecular weight excluding hydrogens is 218 g/mol. The Morgan fingerprint density at radius 3 is 2.44 bits per heavy atom. The second-order valence-corrected chi connectivity index (χ2v) is 5.09. The molecule has 0 spiro atoms. The first-order valence-corrected chi connectivity index (χ1v) is 6.68. The number of aryl methyl sites for hydroxylation is 2. The second-order valence-electron chi connectivity index (χ2n) is 5.09. The predicted molar refractivity (Wildman–Crippen MR) is 77.9 cm³/mol. The molecule has 94 valence electrons. The molecule has 1 aromatic heterocycles. The van der Waals surface area contributed by atoms with Crippen molar-refractivity contribution in [1.82, 2.24) is 4.98 Å². The van der Waals surface area contributed by atoms with Gasteiger partial charge in [0.25, 0.3) is 0 Å². The summed E-state index contributed by atoms with van der Waals surface area (Å²) < 4.78 is 0. The number of aromatic nitrogens is 1. The van der Waals surface area contributed by atoms with Crippen molar-refractivity contribution in [2.45, 2.75) is 40.0 Å². The van der Waals surface area contributed by atoms with Crippen molar-refractivity contribution in [2.24, 2.45) is 0 Å². The van der Waals surface area contributed by atoms with Crippen LogP contribution in [0, 0.1) is 6.92 Å². The number of benzene rings is 1. The van der Waals surface area contributed by atoms with E-state index in [1.807, 2.05) is 6.20 Å². The fourth-order valence-electron chi connectivity index (χ4n) is 2.24. The maximum Gasteiger partial charge on any atom is 0.0432 e. The third-order valence-corrected chi connectivity index (χ3v) is 3.42. The van der Waals surface area contributed by atoms with Crippen LogP contribution in [0.15, 0.2) is 36.5 Å². The van der Waals surface area contributed by atoms with Crippen LogP contribution in [0.2, 0.25) is 0 Å². The molecule has 0 amide bonds. The molecule has 0 fully saturated rings. The average Bonchev–Trinajstić information content (AvgIpc) is 2.38. The summed E-state index contributed by atoms with van der Waals surface area (Å²) in [4.78, 5) is 4.60. The first kappa shape index (κ1) is 12.8. The number of pyridine rings is 1. The number of hydrogen-bond donors (Lipinski definition) is 0. The molecule has 0 atom stereocenters. The van der Waals surface area contributed by atoms with Crippen molar-refractivity contribution >= 4 is 0 Å². The number of rotatable bonds is 3. The van der Waals surface area contributed by atoms with Gasteiger partial charge in [0, 0.05) is 17.5 Å². The Kier molecular flexibility index (Phi) is 3.81. The molecule has 0 unspecified atom stereocenters. The first-order chi connectivity index (χ1) is 8.63. The summed E-state index contributed by atoms with van der Waals surface area (Å²) in [5.41, 5.74) is 6.47. The van der Waals surface area contributed by atoms with Gasteiger partial charge in [0.2, 0.25) is 0 Å². The van der Waals surface area contributed by atoms with E-state index in [1.165, 1.54) is 27.9 Å². The Morgan fingerprint density at radius 2 is 1.83 bits per heavy atom. The van der Waals surface area contributed by atoms with Crippen LogP contribution < -0.4 is 0 Å². The zero-order valence-corrected chi connectivity index (χ0v) is 11.7. The minimum Gasteiger partial charge on any atom is -0.260 e. The van der Waals surface area contributed by atoms with Gasteiger partial charge in [-0.2, -0.15) is 0 Å². The van der Waals surface area contributed by atoms with E-state index >= 15 is 0 Å². The van der Waals surface area contributed by atoms with Crippen LogP contribution in [-0.2, 0) is 6.42 Å². The summed E-state index contributed by atoms with van der Waals surface area (Å²) >= 11 is 0. The zero-order valence-electron chi connectivity index (χ0n) is 11.7. The molecule has 0 radical (unpaired) electrons. The number of hydrogen-bond acceptors (Lipinski definition) is 1. The smallest absolute Gasteiger partial charge is 0.0432 e. The van der Waals surface area contributed by atoms with Crippen LogP contribution in [0.25, 0.3) is 11.1 Å². The zero-order chi connectivity index (χ0) is 13.1. The molecule has 0 bridgehead atoms. The van der Waals surface area contributed by atoms with Gasteiger partial charge in [0.1, 0.15) is 0 Å². The molecule has 0 aliphatic heterocycles. The molecule has 0 saturated heterocycles. The van der Waals surface area contributed by atoms with Crippen LogP contribution in [-0.4, -0.2) is 4.98 Å². The van der Waals surface area contributed by atoms with Crippen LogP contribution in [0.1, 0.15) is 43.5 Å². The highest BCUT2D eigenvalue weighted by Gasteiger charge is 2.09. The van der Waals surface area contributed by atoms with Crippen LogP contribution >= 0.6 is 0 Å². The van der Waals surface area contributed by atoms with Gasteiger partial charge in [-0.1, -0.05) is 45.0 Å². The number of nitrogens with zero attached hydrogens (tertiary/aromatic N) is 1. The highest BCUT2D eigenvalue weighted by atomic mass is 14.7.